The van der Waals surface area contributed by atoms with Crippen molar-refractivity contribution in [2.45, 2.75) is 43.9 Å². The lowest BCUT2D eigenvalue weighted by Crippen LogP contribution is -2.42. The summed E-state index contributed by atoms with van der Waals surface area (Å²) < 4.78 is 28.1. The van der Waals surface area contributed by atoms with E-state index in [1.165, 1.54) is 0 Å². The van der Waals surface area contributed by atoms with Crippen LogP contribution in [0.4, 0.5) is 5.69 Å². The predicted octanol–water partition coefficient (Wildman–Crippen LogP) is 2.05. The normalized spacial score (nSPS) is 20.0. The van der Waals surface area contributed by atoms with Gasteiger partial charge >= 0.3 is 0 Å². The summed E-state index contributed by atoms with van der Waals surface area (Å²) in [6, 6.07) is 4.95. The van der Waals surface area contributed by atoms with Crippen LogP contribution in [0.5, 0.6) is 0 Å². The fourth-order valence-electron chi connectivity index (χ4n) is 3.28. The number of anilines is 1. The highest BCUT2D eigenvalue weighted by atomic mass is 35.5. The highest BCUT2D eigenvalue weighted by Crippen LogP contribution is 2.28. The number of piperidine rings is 1. The molecular weight excluding hydrogens is 362 g/mol. The lowest BCUT2D eigenvalue weighted by molar-refractivity contribution is -0.116. The van der Waals surface area contributed by atoms with Crippen LogP contribution in [0.3, 0.4) is 0 Å². The number of halogens is 1. The van der Waals surface area contributed by atoms with Gasteiger partial charge in [-0.2, -0.15) is 0 Å². The summed E-state index contributed by atoms with van der Waals surface area (Å²) >= 11 is 0. The minimum Gasteiger partial charge on any atom is -0.326 e. The average Bonchev–Trinajstić information content (AvgIpc) is 2.74. The van der Waals surface area contributed by atoms with Crippen LogP contribution < -0.4 is 15.4 Å². The van der Waals surface area contributed by atoms with Crippen LogP contribution >= 0.6 is 12.4 Å². The molecule has 0 spiro atoms. The first-order valence-corrected chi connectivity index (χ1v) is 10.00. The van der Waals surface area contributed by atoms with E-state index in [2.05, 4.69) is 22.3 Å². The predicted molar refractivity (Wildman–Crippen MR) is 101 cm³/mol. The maximum atomic E-state index is 12.6. The van der Waals surface area contributed by atoms with Gasteiger partial charge in [-0.15, -0.1) is 12.4 Å². The molecule has 8 heteroatoms. The summed E-state index contributed by atoms with van der Waals surface area (Å²) in [7, 11) is -3.54. The van der Waals surface area contributed by atoms with E-state index in [0.717, 1.165) is 43.6 Å². The van der Waals surface area contributed by atoms with E-state index in [-0.39, 0.29) is 28.6 Å². The van der Waals surface area contributed by atoms with Crippen molar-refractivity contribution < 1.29 is 13.2 Å². The quantitative estimate of drug-likeness (QED) is 0.737. The Balaban J connectivity index is 0.00000225. The molecule has 25 heavy (non-hydrogen) atoms. The molecular formula is C17H26ClN3O3S. The van der Waals surface area contributed by atoms with Crippen molar-refractivity contribution in [2.75, 3.05) is 25.0 Å². The van der Waals surface area contributed by atoms with Crippen molar-refractivity contribution in [3.8, 4) is 0 Å². The second kappa shape index (κ2) is 8.03. The first kappa shape index (κ1) is 20.2. The summed E-state index contributed by atoms with van der Waals surface area (Å²) in [5, 5.41) is 6.13. The third kappa shape index (κ3) is 4.94. The Bertz CT molecular complexity index is 731. The minimum absolute atomic E-state index is 0. The van der Waals surface area contributed by atoms with Crippen LogP contribution in [-0.4, -0.2) is 34.0 Å². The molecule has 0 saturated carbocycles. The second-order valence-corrected chi connectivity index (χ2v) is 8.87. The molecule has 2 aliphatic heterocycles. The van der Waals surface area contributed by atoms with Gasteiger partial charge in [-0.1, -0.05) is 6.92 Å². The van der Waals surface area contributed by atoms with E-state index < -0.39 is 10.0 Å². The third-order valence-corrected chi connectivity index (χ3v) is 6.41. The zero-order chi connectivity index (χ0) is 17.2. The third-order valence-electron chi connectivity index (χ3n) is 5.01. The molecule has 1 aromatic rings. The maximum Gasteiger partial charge on any atom is 0.240 e. The maximum absolute atomic E-state index is 12.6. The van der Waals surface area contributed by atoms with Gasteiger partial charge in [0.25, 0.3) is 0 Å². The number of hydrogen-bond donors (Lipinski definition) is 3. The van der Waals surface area contributed by atoms with E-state index in [4.69, 9.17) is 0 Å². The summed E-state index contributed by atoms with van der Waals surface area (Å²) in [5.74, 6) is -0.0127. The number of fused-ring (bicyclic) bond motifs is 1. The molecule has 3 rings (SSSR count). The van der Waals surface area contributed by atoms with E-state index >= 15 is 0 Å². The number of nitrogens with one attached hydrogen (secondary N) is 3. The smallest absolute Gasteiger partial charge is 0.240 e. The Morgan fingerprint density at radius 1 is 1.20 bits per heavy atom. The molecule has 1 saturated heterocycles. The Hall–Kier alpha value is -1.15. The number of carbonyl (C=O) groups excluding carboxylic acids is 1. The van der Waals surface area contributed by atoms with Crippen molar-refractivity contribution in [2.24, 2.45) is 5.41 Å². The molecule has 2 heterocycles. The van der Waals surface area contributed by atoms with Crippen LogP contribution in [0.25, 0.3) is 0 Å². The van der Waals surface area contributed by atoms with Crippen molar-refractivity contribution >= 4 is 34.0 Å². The zero-order valence-electron chi connectivity index (χ0n) is 14.4. The van der Waals surface area contributed by atoms with Gasteiger partial charge in [-0.3, -0.25) is 4.79 Å². The number of benzene rings is 1. The molecule has 0 bridgehead atoms. The summed E-state index contributed by atoms with van der Waals surface area (Å²) in [5.41, 5.74) is 1.61. The van der Waals surface area contributed by atoms with Crippen LogP contribution in [0.1, 0.15) is 38.2 Å². The fourth-order valence-corrected chi connectivity index (χ4v) is 4.53. The highest BCUT2D eigenvalue weighted by molar-refractivity contribution is 7.89. The Morgan fingerprint density at radius 3 is 2.64 bits per heavy atom. The first-order valence-electron chi connectivity index (χ1n) is 8.51. The molecule has 0 radical (unpaired) electrons. The number of amides is 1. The lowest BCUT2D eigenvalue weighted by atomic mass is 9.81. The standard InChI is InChI=1S/C17H25N3O3S.ClH/c1-17(7-9-18-10-8-17)12-19-24(22,23)14-5-6-15-13(11-14)3-2-4-16(21)20-15;/h5-6,11,18-19H,2-4,7-10,12H2,1H3,(H,20,21);1H. The van der Waals surface area contributed by atoms with E-state index in [9.17, 15) is 13.2 Å². The molecule has 2 aliphatic rings. The van der Waals surface area contributed by atoms with E-state index in [1.807, 2.05) is 0 Å². The SMILES string of the molecule is CC1(CNS(=O)(=O)c2ccc3c(c2)CCCC(=O)N3)CCNCC1.Cl. The van der Waals surface area contributed by atoms with Crippen LogP contribution in [0, 0.1) is 5.41 Å². The molecule has 1 aromatic carbocycles. The monoisotopic (exact) mass is 387 g/mol. The van der Waals surface area contributed by atoms with E-state index in [0.29, 0.717) is 19.4 Å². The largest absolute Gasteiger partial charge is 0.326 e. The van der Waals surface area contributed by atoms with Gasteiger partial charge in [0.1, 0.15) is 0 Å². The Kier molecular flexibility index (Phi) is 6.48. The Morgan fingerprint density at radius 2 is 1.92 bits per heavy atom. The molecule has 0 unspecified atom stereocenters. The molecule has 140 valence electrons. The highest BCUT2D eigenvalue weighted by Gasteiger charge is 2.29. The topological polar surface area (TPSA) is 87.3 Å². The molecule has 0 atom stereocenters. The van der Waals surface area contributed by atoms with Crippen molar-refractivity contribution in [3.05, 3.63) is 23.8 Å². The summed E-state index contributed by atoms with van der Waals surface area (Å²) in [6.45, 7) is 4.43. The van der Waals surface area contributed by atoms with Gasteiger partial charge in [0.15, 0.2) is 0 Å². The van der Waals surface area contributed by atoms with Crippen molar-refractivity contribution in [3.63, 3.8) is 0 Å². The lowest BCUT2D eigenvalue weighted by Gasteiger charge is -2.34. The van der Waals surface area contributed by atoms with Crippen molar-refractivity contribution in [1.29, 1.82) is 0 Å². The molecule has 0 aromatic heterocycles. The number of aryl methyl sites for hydroxylation is 1. The minimum atomic E-state index is -3.54. The zero-order valence-corrected chi connectivity index (χ0v) is 16.1. The molecule has 1 amide bonds. The van der Waals surface area contributed by atoms with Crippen molar-refractivity contribution in [1.82, 2.24) is 10.0 Å². The number of rotatable bonds is 4. The van der Waals surface area contributed by atoms with Crippen LogP contribution in [0.2, 0.25) is 0 Å². The summed E-state index contributed by atoms with van der Waals surface area (Å²) in [4.78, 5) is 11.9. The second-order valence-electron chi connectivity index (χ2n) is 7.11. The molecule has 0 aliphatic carbocycles. The van der Waals surface area contributed by atoms with Gasteiger partial charge < -0.3 is 10.6 Å². The molecule has 1 fully saturated rings. The van der Waals surface area contributed by atoms with Gasteiger partial charge in [0, 0.05) is 18.7 Å². The van der Waals surface area contributed by atoms with Gasteiger partial charge in [-0.05, 0) is 68.0 Å². The summed E-state index contributed by atoms with van der Waals surface area (Å²) in [6.07, 6.45) is 3.85. The fraction of sp³-hybridized carbons (Fsp3) is 0.588. The van der Waals surface area contributed by atoms with Crippen LogP contribution in [0.15, 0.2) is 23.1 Å². The number of hydrogen-bond acceptors (Lipinski definition) is 4. The van der Waals surface area contributed by atoms with E-state index in [1.54, 1.807) is 18.2 Å². The average molecular weight is 388 g/mol. The molecule has 6 nitrogen and oxygen atoms in total. The first-order chi connectivity index (χ1) is 11.4. The van der Waals surface area contributed by atoms with Gasteiger partial charge in [0.05, 0.1) is 4.90 Å². The number of carbonyl (C=O) groups is 1. The number of sulfonamides is 1. The van der Waals surface area contributed by atoms with Gasteiger partial charge in [-0.25, -0.2) is 13.1 Å². The van der Waals surface area contributed by atoms with Crippen LogP contribution in [-0.2, 0) is 21.2 Å². The molecule has 3 N–H and O–H groups in total. The van der Waals surface area contributed by atoms with Gasteiger partial charge in [0.2, 0.25) is 15.9 Å². The Labute approximate surface area is 155 Å².